The number of nitrogens with zero attached hydrogens (tertiary/aromatic N) is 3. The molecule has 1 heterocycles. The molecule has 2 aromatic carbocycles. The topological polar surface area (TPSA) is 69.3 Å². The summed E-state index contributed by atoms with van der Waals surface area (Å²) >= 11 is 8.18. The first kappa shape index (κ1) is 24.4. The minimum Gasteiger partial charge on any atom is -0.480 e. The molecule has 0 radical (unpaired) electrons. The van der Waals surface area contributed by atoms with Crippen LogP contribution in [0.1, 0.15) is 36.4 Å². The molecule has 170 valence electrons. The Morgan fingerprint density at radius 2 is 2.12 bits per heavy atom. The molecule has 32 heavy (non-hydrogen) atoms. The molecule has 10 heteroatoms. The van der Waals surface area contributed by atoms with Gasteiger partial charge in [-0.2, -0.15) is 4.68 Å². The van der Waals surface area contributed by atoms with Gasteiger partial charge in [-0.3, -0.25) is 4.57 Å². The van der Waals surface area contributed by atoms with E-state index in [1.807, 2.05) is 22.6 Å². The molecule has 0 bridgehead atoms. The van der Waals surface area contributed by atoms with Crippen LogP contribution in [-0.4, -0.2) is 23.6 Å². The van der Waals surface area contributed by atoms with Gasteiger partial charge in [0.25, 0.3) is 0 Å². The van der Waals surface area contributed by atoms with Gasteiger partial charge in [0.2, 0.25) is 0 Å². The summed E-state index contributed by atoms with van der Waals surface area (Å²) in [5.41, 5.74) is 0.256. The molecule has 0 amide bonds. The van der Waals surface area contributed by atoms with Crippen molar-refractivity contribution in [3.05, 3.63) is 74.2 Å². The van der Waals surface area contributed by atoms with E-state index in [2.05, 4.69) is 5.10 Å². The van der Waals surface area contributed by atoms with Crippen molar-refractivity contribution in [3.8, 4) is 11.4 Å². The first-order valence-electron chi connectivity index (χ1n) is 9.74. The highest BCUT2D eigenvalue weighted by Crippen LogP contribution is 2.35. The van der Waals surface area contributed by atoms with Crippen LogP contribution in [0.2, 0.25) is 5.02 Å². The Balaban J connectivity index is 2.20. The Kier molecular flexibility index (Phi) is 7.73. The number of benzene rings is 2. The second-order valence-electron chi connectivity index (χ2n) is 6.94. The summed E-state index contributed by atoms with van der Waals surface area (Å²) in [6.45, 7) is 4.98. The average Bonchev–Trinajstić information content (AvgIpc) is 3.06. The lowest BCUT2D eigenvalue weighted by atomic mass is 10.1. The number of alkyl halides is 1. The van der Waals surface area contributed by atoms with Gasteiger partial charge in [0.15, 0.2) is 5.82 Å². The third-order valence-corrected chi connectivity index (χ3v) is 5.35. The van der Waals surface area contributed by atoms with Crippen molar-refractivity contribution >= 4 is 46.1 Å². The van der Waals surface area contributed by atoms with E-state index in [1.54, 1.807) is 39.0 Å². The molecule has 0 saturated heterocycles. The summed E-state index contributed by atoms with van der Waals surface area (Å²) in [7, 11) is 0. The predicted octanol–water partition coefficient (Wildman–Crippen LogP) is 5.27. The Labute approximate surface area is 202 Å². The molecule has 3 rings (SSSR count). The molecule has 0 aliphatic heterocycles. The van der Waals surface area contributed by atoms with Crippen molar-refractivity contribution < 1.29 is 18.6 Å². The van der Waals surface area contributed by atoms with Crippen molar-refractivity contribution in [2.24, 2.45) is 0 Å². The summed E-state index contributed by atoms with van der Waals surface area (Å²) in [6.07, 6.45) is 1.22. The van der Waals surface area contributed by atoms with E-state index in [0.29, 0.717) is 10.6 Å². The van der Waals surface area contributed by atoms with E-state index in [0.717, 1.165) is 16.3 Å². The number of hydrogen-bond donors (Lipinski definition) is 1. The Hall–Kier alpha value is -2.24. The normalized spacial score (nSPS) is 12.8. The molecule has 0 unspecified atom stereocenters. The zero-order valence-electron chi connectivity index (χ0n) is 17.6. The number of aryl methyl sites for hydroxylation is 1. The lowest BCUT2D eigenvalue weighted by Gasteiger charge is -2.15. The van der Waals surface area contributed by atoms with Gasteiger partial charge in [-0.1, -0.05) is 23.7 Å². The first-order valence-corrected chi connectivity index (χ1v) is 11.4. The van der Waals surface area contributed by atoms with Crippen LogP contribution < -0.4 is 10.4 Å². The minimum absolute atomic E-state index is 0.0326. The maximum Gasteiger partial charge on any atom is 0.350 e. The number of rotatable bonds is 7. The van der Waals surface area contributed by atoms with Crippen LogP contribution in [0.25, 0.3) is 17.6 Å². The molecule has 0 saturated carbocycles. The second kappa shape index (κ2) is 10.1. The number of ether oxygens (including phenoxy) is 1. The Morgan fingerprint density at radius 1 is 1.41 bits per heavy atom. The summed E-state index contributed by atoms with van der Waals surface area (Å²) < 4.78 is 37.8. The predicted molar refractivity (Wildman–Crippen MR) is 129 cm³/mol. The zero-order chi connectivity index (χ0) is 23.6. The van der Waals surface area contributed by atoms with Crippen LogP contribution in [-0.2, 0) is 13.2 Å². The molecule has 0 aliphatic rings. The Morgan fingerprint density at radius 3 is 2.69 bits per heavy atom. The van der Waals surface area contributed by atoms with Crippen LogP contribution in [0.4, 0.5) is 8.78 Å². The van der Waals surface area contributed by atoms with Gasteiger partial charge in [0, 0.05) is 17.6 Å². The van der Waals surface area contributed by atoms with Crippen LogP contribution in [0.5, 0.6) is 5.75 Å². The first-order chi connectivity index (χ1) is 15.2. The second-order valence-corrected chi connectivity index (χ2v) is 9.10. The van der Waals surface area contributed by atoms with Gasteiger partial charge in [-0.05, 0) is 72.7 Å². The standard InChI is InChI=1S/C22H21ClF2IN3O3/c1-4-28-21(11-30)27-29(22(28)31)19-10-20(32-13(3)26)15(9-18(19)25)17(24)8-14-12(2)6-5-7-16(14)23/h5-10,13,30H,4,11H2,1-3H3/b17-8-/t13-/m0/s1. The zero-order valence-corrected chi connectivity index (χ0v) is 20.5. The number of aliphatic hydroxyl groups excluding tert-OH is 1. The largest absolute Gasteiger partial charge is 0.480 e. The molecule has 6 nitrogen and oxygen atoms in total. The van der Waals surface area contributed by atoms with Gasteiger partial charge in [0.1, 0.15) is 33.8 Å². The number of halogens is 4. The van der Waals surface area contributed by atoms with Gasteiger partial charge < -0.3 is 9.84 Å². The maximum atomic E-state index is 15.3. The van der Waals surface area contributed by atoms with E-state index >= 15 is 8.78 Å². The number of aromatic nitrogens is 3. The highest BCUT2D eigenvalue weighted by atomic mass is 127. The average molecular weight is 576 g/mol. The molecule has 0 spiro atoms. The number of aliphatic hydroxyl groups is 1. The summed E-state index contributed by atoms with van der Waals surface area (Å²) in [6, 6.07) is 7.35. The molecule has 1 N–H and O–H groups in total. The lowest BCUT2D eigenvalue weighted by molar-refractivity contribution is 0.264. The van der Waals surface area contributed by atoms with Crippen molar-refractivity contribution in [1.29, 1.82) is 0 Å². The van der Waals surface area contributed by atoms with E-state index in [4.69, 9.17) is 16.3 Å². The van der Waals surface area contributed by atoms with Crippen molar-refractivity contribution in [2.45, 2.75) is 38.0 Å². The smallest absolute Gasteiger partial charge is 0.350 e. The van der Waals surface area contributed by atoms with Crippen molar-refractivity contribution in [1.82, 2.24) is 14.3 Å². The van der Waals surface area contributed by atoms with Gasteiger partial charge >= 0.3 is 5.69 Å². The third-order valence-electron chi connectivity index (χ3n) is 4.76. The fourth-order valence-corrected chi connectivity index (χ4v) is 3.78. The minimum atomic E-state index is -0.875. The quantitative estimate of drug-likeness (QED) is 0.237. The third kappa shape index (κ3) is 4.89. The fraction of sp³-hybridized carbons (Fsp3) is 0.273. The molecule has 3 aromatic rings. The highest BCUT2D eigenvalue weighted by molar-refractivity contribution is 14.1. The lowest BCUT2D eigenvalue weighted by Crippen LogP contribution is -2.24. The van der Waals surface area contributed by atoms with Crippen LogP contribution in [0.3, 0.4) is 0 Å². The maximum absolute atomic E-state index is 15.3. The molecule has 1 aromatic heterocycles. The molecule has 1 atom stereocenters. The van der Waals surface area contributed by atoms with E-state index < -0.39 is 23.9 Å². The SMILES string of the molecule is CCn1c(CO)nn(-c2cc(O[C@@H](C)I)c(/C(F)=C/c3c(C)cccc3Cl)cc2F)c1=O. The fourth-order valence-electron chi connectivity index (χ4n) is 3.22. The van der Waals surface area contributed by atoms with E-state index in [9.17, 15) is 9.90 Å². The molecular weight excluding hydrogens is 555 g/mol. The molecular formula is C22H21ClF2IN3O3. The van der Waals surface area contributed by atoms with Crippen molar-refractivity contribution in [3.63, 3.8) is 0 Å². The van der Waals surface area contributed by atoms with Crippen molar-refractivity contribution in [2.75, 3.05) is 0 Å². The Bertz CT molecular complexity index is 1220. The van der Waals surface area contributed by atoms with Gasteiger partial charge in [-0.25, -0.2) is 13.6 Å². The van der Waals surface area contributed by atoms with E-state index in [-0.39, 0.29) is 33.5 Å². The van der Waals surface area contributed by atoms with Gasteiger partial charge in [0.05, 0.1) is 5.56 Å². The summed E-state index contributed by atoms with van der Waals surface area (Å²) in [5.74, 6) is -1.50. The van der Waals surface area contributed by atoms with E-state index in [1.165, 1.54) is 16.7 Å². The highest BCUT2D eigenvalue weighted by Gasteiger charge is 2.21. The molecule has 0 aliphatic carbocycles. The van der Waals surface area contributed by atoms with Crippen LogP contribution >= 0.6 is 34.2 Å². The molecule has 0 fully saturated rings. The van der Waals surface area contributed by atoms with Crippen LogP contribution in [0.15, 0.2) is 35.1 Å². The van der Waals surface area contributed by atoms with Gasteiger partial charge in [-0.15, -0.1) is 5.10 Å². The van der Waals surface area contributed by atoms with Crippen LogP contribution in [0, 0.1) is 12.7 Å². The monoisotopic (exact) mass is 575 g/mol. The summed E-state index contributed by atoms with van der Waals surface area (Å²) in [4.78, 5) is 12.6. The number of hydrogen-bond acceptors (Lipinski definition) is 4. The summed E-state index contributed by atoms with van der Waals surface area (Å²) in [5, 5.41) is 13.8.